The molecule has 4 rings (SSSR count). The lowest BCUT2D eigenvalue weighted by Crippen LogP contribution is -2.20. The molecule has 1 aliphatic rings. The van der Waals surface area contributed by atoms with Gasteiger partial charge >= 0.3 is 6.18 Å². The van der Waals surface area contributed by atoms with Crippen molar-refractivity contribution in [1.82, 2.24) is 0 Å². The molecule has 1 amide bonds. The SMILES string of the molecule is NC(=O)c1ccc(C(Oc2ccc(-c3ccc(C(F)(F)F)cc3)cc2)C2CCCCC2)s1. The van der Waals surface area contributed by atoms with Gasteiger partial charge in [0, 0.05) is 10.8 Å². The predicted molar refractivity (Wildman–Crippen MR) is 120 cm³/mol. The molecule has 1 aromatic heterocycles. The molecular weight excluding hydrogens is 435 g/mol. The number of hydrogen-bond acceptors (Lipinski definition) is 3. The highest BCUT2D eigenvalue weighted by Gasteiger charge is 2.30. The van der Waals surface area contributed by atoms with Gasteiger partial charge in [-0.2, -0.15) is 13.2 Å². The molecule has 0 spiro atoms. The van der Waals surface area contributed by atoms with Crippen LogP contribution < -0.4 is 10.5 Å². The topological polar surface area (TPSA) is 52.3 Å². The molecule has 1 saturated carbocycles. The van der Waals surface area contributed by atoms with Crippen molar-refractivity contribution < 1.29 is 22.7 Å². The van der Waals surface area contributed by atoms with E-state index in [9.17, 15) is 18.0 Å². The maximum Gasteiger partial charge on any atom is 0.416 e. The summed E-state index contributed by atoms with van der Waals surface area (Å²) in [7, 11) is 0. The van der Waals surface area contributed by atoms with Crippen LogP contribution >= 0.6 is 11.3 Å². The number of ether oxygens (including phenoxy) is 1. The Hall–Kier alpha value is -2.80. The molecule has 0 bridgehead atoms. The van der Waals surface area contributed by atoms with Crippen molar-refractivity contribution in [3.63, 3.8) is 0 Å². The average molecular weight is 460 g/mol. The summed E-state index contributed by atoms with van der Waals surface area (Å²) in [6.45, 7) is 0. The number of halogens is 3. The van der Waals surface area contributed by atoms with Crippen molar-refractivity contribution >= 4 is 17.2 Å². The van der Waals surface area contributed by atoms with Crippen LogP contribution in [0.5, 0.6) is 5.75 Å². The summed E-state index contributed by atoms with van der Waals surface area (Å²) < 4.78 is 44.8. The molecular formula is C25H24F3NO2S. The Bertz CT molecular complexity index is 1050. The zero-order valence-corrected chi connectivity index (χ0v) is 18.2. The van der Waals surface area contributed by atoms with Crippen LogP contribution in [0, 0.1) is 5.92 Å². The Morgan fingerprint density at radius 3 is 2.03 bits per heavy atom. The first-order valence-corrected chi connectivity index (χ1v) is 11.5. The van der Waals surface area contributed by atoms with Crippen molar-refractivity contribution in [1.29, 1.82) is 0 Å². The lowest BCUT2D eigenvalue weighted by atomic mass is 9.84. The number of amides is 1. The second-order valence-corrected chi connectivity index (χ2v) is 9.22. The van der Waals surface area contributed by atoms with E-state index in [4.69, 9.17) is 10.5 Å². The third-order valence-electron chi connectivity index (χ3n) is 5.89. The van der Waals surface area contributed by atoms with Gasteiger partial charge in [-0.1, -0.05) is 43.5 Å². The van der Waals surface area contributed by atoms with Gasteiger partial charge in [0.25, 0.3) is 5.91 Å². The second-order valence-electron chi connectivity index (χ2n) is 8.10. The number of nitrogens with two attached hydrogens (primary N) is 1. The fourth-order valence-electron chi connectivity index (χ4n) is 4.19. The van der Waals surface area contributed by atoms with Crippen molar-refractivity contribution in [3.05, 3.63) is 76.0 Å². The molecule has 168 valence electrons. The molecule has 1 fully saturated rings. The molecule has 2 N–H and O–H groups in total. The largest absolute Gasteiger partial charge is 0.485 e. The molecule has 32 heavy (non-hydrogen) atoms. The van der Waals surface area contributed by atoms with Crippen LogP contribution in [0.1, 0.15) is 58.3 Å². The normalized spacial score (nSPS) is 16.0. The van der Waals surface area contributed by atoms with Gasteiger partial charge in [0.1, 0.15) is 11.9 Å². The van der Waals surface area contributed by atoms with Crippen LogP contribution in [-0.2, 0) is 6.18 Å². The van der Waals surface area contributed by atoms with E-state index < -0.39 is 17.6 Å². The van der Waals surface area contributed by atoms with Crippen molar-refractivity contribution in [3.8, 4) is 16.9 Å². The van der Waals surface area contributed by atoms with Gasteiger partial charge < -0.3 is 10.5 Å². The van der Waals surface area contributed by atoms with E-state index in [-0.39, 0.29) is 6.10 Å². The van der Waals surface area contributed by atoms with E-state index in [1.54, 1.807) is 6.07 Å². The first kappa shape index (κ1) is 22.4. The summed E-state index contributed by atoms with van der Waals surface area (Å²) in [4.78, 5) is 13.0. The average Bonchev–Trinajstić information content (AvgIpc) is 3.28. The number of primary amides is 1. The van der Waals surface area contributed by atoms with Gasteiger partial charge in [0.2, 0.25) is 0 Å². The Kier molecular flexibility index (Phi) is 6.55. The minimum atomic E-state index is -4.35. The first-order chi connectivity index (χ1) is 15.3. The molecule has 1 atom stereocenters. The maximum atomic E-state index is 12.8. The monoisotopic (exact) mass is 459 g/mol. The molecule has 3 aromatic rings. The summed E-state index contributed by atoms with van der Waals surface area (Å²) >= 11 is 1.37. The summed E-state index contributed by atoms with van der Waals surface area (Å²) in [5.74, 6) is 0.604. The van der Waals surface area contributed by atoms with E-state index in [0.29, 0.717) is 22.1 Å². The quantitative estimate of drug-likeness (QED) is 0.423. The number of alkyl halides is 3. The lowest BCUT2D eigenvalue weighted by molar-refractivity contribution is -0.137. The van der Waals surface area contributed by atoms with Crippen molar-refractivity contribution in [2.24, 2.45) is 11.7 Å². The number of thiophene rings is 1. The van der Waals surface area contributed by atoms with E-state index in [2.05, 4.69) is 0 Å². The van der Waals surface area contributed by atoms with Crippen molar-refractivity contribution in [2.75, 3.05) is 0 Å². The zero-order valence-electron chi connectivity index (χ0n) is 17.4. The zero-order chi connectivity index (χ0) is 22.7. The molecule has 0 saturated heterocycles. The van der Waals surface area contributed by atoms with Crippen LogP contribution in [0.3, 0.4) is 0 Å². The van der Waals surface area contributed by atoms with Gasteiger partial charge in [-0.05, 0) is 60.4 Å². The highest BCUT2D eigenvalue weighted by Crippen LogP contribution is 2.40. The van der Waals surface area contributed by atoms with Crippen LogP contribution in [0.4, 0.5) is 13.2 Å². The smallest absolute Gasteiger partial charge is 0.416 e. The third kappa shape index (κ3) is 5.15. The van der Waals surface area contributed by atoms with Crippen molar-refractivity contribution in [2.45, 2.75) is 44.4 Å². The molecule has 7 heteroatoms. The summed E-state index contributed by atoms with van der Waals surface area (Å²) in [5.41, 5.74) is 6.29. The minimum Gasteiger partial charge on any atom is -0.485 e. The molecule has 3 nitrogen and oxygen atoms in total. The fraction of sp³-hybridized carbons (Fsp3) is 0.320. The maximum absolute atomic E-state index is 12.8. The number of hydrogen-bond donors (Lipinski definition) is 1. The van der Waals surface area contributed by atoms with E-state index in [1.165, 1.54) is 29.9 Å². The lowest BCUT2D eigenvalue weighted by Gasteiger charge is -2.30. The molecule has 1 aliphatic carbocycles. The number of benzene rings is 2. The predicted octanol–water partition coefficient (Wildman–Crippen LogP) is 7.23. The second kappa shape index (κ2) is 9.36. The molecule has 0 aliphatic heterocycles. The summed E-state index contributed by atoms with van der Waals surface area (Å²) in [6.07, 6.45) is 1.17. The Labute approximate surface area is 189 Å². The van der Waals surface area contributed by atoms with Gasteiger partial charge in [0.15, 0.2) is 0 Å². The molecule has 1 unspecified atom stereocenters. The number of carbonyl (C=O) groups is 1. The standard InChI is InChI=1S/C25H24F3NO2S/c26-25(27,28)19-10-6-16(7-11-19)17-8-12-20(13-9-17)31-23(18-4-2-1-3-5-18)21-14-15-22(32-21)24(29)30/h6-15,18,23H,1-5H2,(H2,29,30). The Morgan fingerprint density at radius 1 is 0.906 bits per heavy atom. The number of rotatable bonds is 6. The molecule has 0 radical (unpaired) electrons. The van der Waals surface area contributed by atoms with Crippen LogP contribution in [0.25, 0.3) is 11.1 Å². The highest BCUT2D eigenvalue weighted by molar-refractivity contribution is 7.14. The van der Waals surface area contributed by atoms with Gasteiger partial charge in [-0.25, -0.2) is 0 Å². The summed E-state index contributed by atoms with van der Waals surface area (Å²) in [5, 5.41) is 0. The highest BCUT2D eigenvalue weighted by atomic mass is 32.1. The Balaban J connectivity index is 1.54. The molecule has 1 heterocycles. The first-order valence-electron chi connectivity index (χ1n) is 10.6. The fourth-order valence-corrected chi connectivity index (χ4v) is 5.17. The van der Waals surface area contributed by atoms with Gasteiger partial charge in [-0.15, -0.1) is 11.3 Å². The van der Waals surface area contributed by atoms with Gasteiger partial charge in [-0.3, -0.25) is 4.79 Å². The summed E-state index contributed by atoms with van der Waals surface area (Å²) in [6, 6.07) is 16.2. The van der Waals surface area contributed by atoms with Crippen LogP contribution in [0.15, 0.2) is 60.7 Å². The van der Waals surface area contributed by atoms with E-state index in [1.807, 2.05) is 30.3 Å². The molecule has 2 aromatic carbocycles. The van der Waals surface area contributed by atoms with Crippen LogP contribution in [-0.4, -0.2) is 5.91 Å². The van der Waals surface area contributed by atoms with Crippen LogP contribution in [0.2, 0.25) is 0 Å². The van der Waals surface area contributed by atoms with E-state index in [0.717, 1.165) is 48.3 Å². The Morgan fingerprint density at radius 2 is 1.50 bits per heavy atom. The van der Waals surface area contributed by atoms with E-state index >= 15 is 0 Å². The van der Waals surface area contributed by atoms with Gasteiger partial charge in [0.05, 0.1) is 10.4 Å². The number of carbonyl (C=O) groups excluding carboxylic acids is 1. The minimum absolute atomic E-state index is 0.162. The third-order valence-corrected chi connectivity index (χ3v) is 7.05.